The number of hydrogen-bond donors (Lipinski definition) is 6. The molecule has 0 aliphatic carbocycles. The maximum absolute atomic E-state index is 11.8. The van der Waals surface area contributed by atoms with Crippen LogP contribution in [0.5, 0.6) is 0 Å². The monoisotopic (exact) mass is 1080 g/mol. The van der Waals surface area contributed by atoms with E-state index in [1.54, 1.807) is 13.1 Å². The third-order valence-electron chi connectivity index (χ3n) is 4.94. The molecule has 50 heavy (non-hydrogen) atoms. The van der Waals surface area contributed by atoms with Crippen LogP contribution in [0.1, 0.15) is 98.3 Å². The molecule has 0 fully saturated rings. The molecule has 0 unspecified atom stereocenters. The molecule has 0 aromatic heterocycles. The van der Waals surface area contributed by atoms with Crippen molar-refractivity contribution in [2.24, 2.45) is 5.92 Å². The molecule has 0 aromatic carbocycles. The Kier molecular flexibility index (Phi) is 89.9. The molecule has 0 saturated heterocycles. The van der Waals surface area contributed by atoms with E-state index < -0.39 is 0 Å². The molecule has 0 rings (SSSR count). The zero-order valence-electron chi connectivity index (χ0n) is 32.2. The number of carbonyl (C=O) groups is 6. The largest absolute Gasteiger partial charge is 0.506 e. The molecule has 6 amide bonds. The molecule has 285 valence electrons. The molecule has 12 nitrogen and oxygen atoms in total. The van der Waals surface area contributed by atoms with Crippen molar-refractivity contribution in [3.05, 3.63) is 69.9 Å². The molecular formula is C33H62N6O6Y5-10. The quantitative estimate of drug-likeness (QED) is 0.0665. The normalized spacial score (nSPS) is 8.52. The van der Waals surface area contributed by atoms with E-state index in [0.29, 0.717) is 44.9 Å². The zero-order chi connectivity index (χ0) is 30.2. The number of nitrogens with one attached hydrogen (secondary N) is 6. The van der Waals surface area contributed by atoms with Gasteiger partial charge in [-0.3, -0.25) is 28.8 Å². The van der Waals surface area contributed by atoms with Gasteiger partial charge in [-0.15, -0.1) is 0 Å². The van der Waals surface area contributed by atoms with Gasteiger partial charge < -0.3 is 69.0 Å². The van der Waals surface area contributed by atoms with Crippen LogP contribution in [0.15, 0.2) is 0 Å². The Balaban J connectivity index is -0.000000169. The van der Waals surface area contributed by atoms with Gasteiger partial charge in [0.2, 0.25) is 5.91 Å². The third-order valence-corrected chi connectivity index (χ3v) is 4.94. The topological polar surface area (TPSA) is 175 Å². The summed E-state index contributed by atoms with van der Waals surface area (Å²) in [5.74, 6) is -0.744. The van der Waals surface area contributed by atoms with Crippen molar-refractivity contribution in [2.75, 3.05) is 0 Å². The predicted octanol–water partition coefficient (Wildman–Crippen LogP) is 4.09. The molecule has 0 aromatic rings. The van der Waals surface area contributed by atoms with Gasteiger partial charge in [-0.25, -0.2) is 32.7 Å². The molecule has 0 aliphatic rings. The predicted molar refractivity (Wildman–Crippen MR) is 183 cm³/mol. The smallest absolute Gasteiger partial charge is 0.217 e. The third kappa shape index (κ3) is 59.6. The minimum Gasteiger partial charge on any atom is -0.506 e. The Hall–Kier alpha value is 2.34. The minimum atomic E-state index is -0.235. The average Bonchev–Trinajstić information content (AvgIpc) is 2.86. The molecular weight excluding hydrogens is 1020 g/mol. The number of rotatable bonds is 23. The second-order valence-corrected chi connectivity index (χ2v) is 9.87. The van der Waals surface area contributed by atoms with Gasteiger partial charge in [0.25, 0.3) is 0 Å². The molecule has 6 N–H and O–H groups in total. The van der Waals surface area contributed by atoms with Gasteiger partial charge in [0.1, 0.15) is 0 Å². The minimum absolute atomic E-state index is 0. The van der Waals surface area contributed by atoms with Crippen molar-refractivity contribution >= 4 is 35.4 Å². The van der Waals surface area contributed by atoms with Gasteiger partial charge in [-0.05, 0) is 45.4 Å². The summed E-state index contributed by atoms with van der Waals surface area (Å²) < 4.78 is 0. The van der Waals surface area contributed by atoms with Crippen LogP contribution in [-0.2, 0) is 192 Å². The SMILES string of the molecule is CC(C)CC(=O)N[CH-]CCC(=O)N[CH-]CCC(=O)N[CH-]CCC(=O)N[CH-]CCC(=O)N[CH-]CCC(=O)NC(C)C.[CH3-].[CH3-].[CH3-].[CH3-].[CH3-].[Y].[Y].[Y].[Y].[Y]. The number of carbonyl (C=O) groups excluding carboxylic acids is 6. The van der Waals surface area contributed by atoms with E-state index in [1.165, 1.54) is 19.6 Å². The van der Waals surface area contributed by atoms with E-state index in [2.05, 4.69) is 31.9 Å². The van der Waals surface area contributed by atoms with Gasteiger partial charge in [0, 0.05) is 182 Å². The first-order chi connectivity index (χ1) is 19.0. The van der Waals surface area contributed by atoms with Crippen LogP contribution in [0.25, 0.3) is 0 Å². The summed E-state index contributed by atoms with van der Waals surface area (Å²) >= 11 is 0. The van der Waals surface area contributed by atoms with E-state index in [-0.39, 0.29) is 274 Å². The molecule has 5 radical (unpaired) electrons. The van der Waals surface area contributed by atoms with Crippen molar-refractivity contribution in [1.82, 2.24) is 31.9 Å². The fraction of sp³-hybridized carbons (Fsp3) is 0.515. The summed E-state index contributed by atoms with van der Waals surface area (Å²) in [6.45, 7) is 15.3. The standard InChI is InChI=1S/C28H47N6O6.5CH3.5Y/c1-21(2)20-28(40)33-19-8-13-26(38)31-17-6-11-24(36)29-15-5-10-23(35)30-16-7-12-25(37)32-18-9-14-27(39)34-22(3)4;;;;;;;;;;/h15-19,21-22H,5-14,20H2,1-4H3,(H,29,36)(H,30,35)(H,31,38)(H,32,37)(H,33,40)(H,34,39);5*1H3;;;;;/q-5;5*-1;;;;;. The molecule has 0 spiro atoms. The summed E-state index contributed by atoms with van der Waals surface area (Å²) in [5, 5.41) is 15.8. The second kappa shape index (κ2) is 55.7. The van der Waals surface area contributed by atoms with Crippen molar-refractivity contribution in [3.63, 3.8) is 0 Å². The fourth-order valence-corrected chi connectivity index (χ4v) is 3.06. The maximum atomic E-state index is 11.8. The number of hydrogen-bond acceptors (Lipinski definition) is 6. The Morgan fingerprint density at radius 1 is 0.400 bits per heavy atom. The zero-order valence-corrected chi connectivity index (χ0v) is 46.3. The summed E-state index contributed by atoms with van der Waals surface area (Å²) in [6, 6.07) is 0.0822. The summed E-state index contributed by atoms with van der Waals surface area (Å²) in [4.78, 5) is 70.2. The van der Waals surface area contributed by atoms with Gasteiger partial charge in [-0.1, -0.05) is 13.8 Å². The van der Waals surface area contributed by atoms with E-state index in [0.717, 1.165) is 0 Å². The Morgan fingerprint density at radius 2 is 0.620 bits per heavy atom. The first-order valence-electron chi connectivity index (χ1n) is 13.8. The van der Waals surface area contributed by atoms with Gasteiger partial charge in [0.15, 0.2) is 29.5 Å². The Bertz CT molecular complexity index is 749. The van der Waals surface area contributed by atoms with Crippen LogP contribution in [-0.4, -0.2) is 41.5 Å². The van der Waals surface area contributed by atoms with Crippen LogP contribution in [0.2, 0.25) is 0 Å². The molecule has 17 heteroatoms. The molecule has 0 atom stereocenters. The maximum Gasteiger partial charge on any atom is 0.217 e. The summed E-state index contributed by atoms with van der Waals surface area (Å²) in [5.41, 5.74) is 0. The molecule has 0 bridgehead atoms. The van der Waals surface area contributed by atoms with Gasteiger partial charge in [0.05, 0.1) is 0 Å². The van der Waals surface area contributed by atoms with Crippen LogP contribution < -0.4 is 31.9 Å². The summed E-state index contributed by atoms with van der Waals surface area (Å²) in [7, 11) is 0. The first kappa shape index (κ1) is 80.7. The van der Waals surface area contributed by atoms with E-state index in [4.69, 9.17) is 0 Å². The van der Waals surface area contributed by atoms with Crippen LogP contribution in [0.3, 0.4) is 0 Å². The molecule has 0 heterocycles. The van der Waals surface area contributed by atoms with Crippen molar-refractivity contribution in [3.8, 4) is 0 Å². The fourth-order valence-electron chi connectivity index (χ4n) is 3.06. The first-order valence-corrected chi connectivity index (χ1v) is 13.8. The van der Waals surface area contributed by atoms with Crippen LogP contribution >= 0.6 is 0 Å². The summed E-state index contributed by atoms with van der Waals surface area (Å²) in [6.07, 6.45) is 3.43. The molecule has 0 saturated carbocycles. The van der Waals surface area contributed by atoms with Crippen molar-refractivity contribution in [2.45, 2.75) is 104 Å². The van der Waals surface area contributed by atoms with E-state index >= 15 is 0 Å². The number of amides is 6. The van der Waals surface area contributed by atoms with Crippen molar-refractivity contribution in [1.29, 1.82) is 0 Å². The molecule has 0 aliphatic heterocycles. The van der Waals surface area contributed by atoms with Gasteiger partial charge >= 0.3 is 0 Å². The average molecular weight is 1080 g/mol. The van der Waals surface area contributed by atoms with Crippen molar-refractivity contribution < 1.29 is 192 Å². The Labute approximate surface area is 433 Å². The van der Waals surface area contributed by atoms with Gasteiger partial charge in [-0.2, -0.15) is 32.1 Å². The van der Waals surface area contributed by atoms with E-state index in [1.807, 2.05) is 27.7 Å². The van der Waals surface area contributed by atoms with E-state index in [9.17, 15) is 28.8 Å². The second-order valence-electron chi connectivity index (χ2n) is 9.87. The van der Waals surface area contributed by atoms with Crippen LogP contribution in [0.4, 0.5) is 0 Å². The van der Waals surface area contributed by atoms with Crippen LogP contribution in [0, 0.1) is 75.8 Å². The Morgan fingerprint density at radius 3 is 0.840 bits per heavy atom.